The number of hydrogen-bond donors (Lipinski definition) is 4. The molecule has 1 amide bonds. The van der Waals surface area contributed by atoms with Gasteiger partial charge in [-0.2, -0.15) is 0 Å². The number of rotatable bonds is 6. The van der Waals surface area contributed by atoms with E-state index in [-0.39, 0.29) is 18.0 Å². The second kappa shape index (κ2) is 9.19. The Kier molecular flexibility index (Phi) is 6.18. The van der Waals surface area contributed by atoms with Crippen molar-refractivity contribution in [2.24, 2.45) is 11.7 Å². The molecule has 0 radical (unpaired) electrons. The Morgan fingerprint density at radius 2 is 1.83 bits per heavy atom. The topological polar surface area (TPSA) is 126 Å². The SMILES string of the molecule is CC(C)(N)C(=O)NC(Cc1c[nH]c2ccccc12)C(=O)[C@H]1C(=O)c2ccccc2OC12CCNCC2. The third-order valence-electron chi connectivity index (χ3n) is 7.32. The first-order valence-corrected chi connectivity index (χ1v) is 12.4. The number of benzene rings is 2. The summed E-state index contributed by atoms with van der Waals surface area (Å²) < 4.78 is 6.47. The molecule has 1 spiro atoms. The highest BCUT2D eigenvalue weighted by Crippen LogP contribution is 2.43. The van der Waals surface area contributed by atoms with Crippen LogP contribution in [0.25, 0.3) is 10.9 Å². The smallest absolute Gasteiger partial charge is 0.240 e. The molecule has 1 saturated heterocycles. The molecule has 0 aliphatic carbocycles. The molecule has 1 aromatic heterocycles. The average Bonchev–Trinajstić information content (AvgIpc) is 3.26. The van der Waals surface area contributed by atoms with Gasteiger partial charge < -0.3 is 26.1 Å². The summed E-state index contributed by atoms with van der Waals surface area (Å²) in [5.74, 6) is -1.59. The summed E-state index contributed by atoms with van der Waals surface area (Å²) in [5.41, 5.74) is 6.13. The summed E-state index contributed by atoms with van der Waals surface area (Å²) in [4.78, 5) is 44.4. The van der Waals surface area contributed by atoms with Crippen molar-refractivity contribution in [1.29, 1.82) is 0 Å². The minimum atomic E-state index is -1.19. The van der Waals surface area contributed by atoms with Gasteiger partial charge in [-0.1, -0.05) is 30.3 Å². The summed E-state index contributed by atoms with van der Waals surface area (Å²) in [7, 11) is 0. The van der Waals surface area contributed by atoms with Crippen molar-refractivity contribution in [2.75, 3.05) is 13.1 Å². The molecule has 0 bridgehead atoms. The largest absolute Gasteiger partial charge is 0.485 e. The fourth-order valence-corrected chi connectivity index (χ4v) is 5.35. The van der Waals surface area contributed by atoms with Crippen LogP contribution in [-0.4, -0.2) is 52.7 Å². The van der Waals surface area contributed by atoms with Gasteiger partial charge in [0.1, 0.15) is 17.3 Å². The lowest BCUT2D eigenvalue weighted by atomic mass is 9.70. The number of nitrogens with two attached hydrogens (primary N) is 1. The Labute approximate surface area is 210 Å². The second-order valence-corrected chi connectivity index (χ2v) is 10.4. The summed E-state index contributed by atoms with van der Waals surface area (Å²) in [6.45, 7) is 4.45. The molecule has 5 N–H and O–H groups in total. The van der Waals surface area contributed by atoms with E-state index in [1.54, 1.807) is 32.0 Å². The van der Waals surface area contributed by atoms with E-state index in [4.69, 9.17) is 10.5 Å². The lowest BCUT2D eigenvalue weighted by Crippen LogP contribution is -2.63. The maximum absolute atomic E-state index is 14.3. The van der Waals surface area contributed by atoms with Crippen LogP contribution >= 0.6 is 0 Å². The second-order valence-electron chi connectivity index (χ2n) is 10.4. The first kappa shape index (κ1) is 24.2. The van der Waals surface area contributed by atoms with Gasteiger partial charge in [0.15, 0.2) is 11.6 Å². The van der Waals surface area contributed by atoms with E-state index in [9.17, 15) is 14.4 Å². The van der Waals surface area contributed by atoms with Crippen molar-refractivity contribution >= 4 is 28.4 Å². The Balaban J connectivity index is 1.56. The van der Waals surface area contributed by atoms with E-state index in [2.05, 4.69) is 15.6 Å². The molecular weight excluding hydrogens is 456 g/mol. The molecule has 2 aromatic carbocycles. The van der Waals surface area contributed by atoms with Gasteiger partial charge in [-0.05, 0) is 50.7 Å². The highest BCUT2D eigenvalue weighted by atomic mass is 16.5. The van der Waals surface area contributed by atoms with Crippen LogP contribution in [0.4, 0.5) is 0 Å². The van der Waals surface area contributed by atoms with Gasteiger partial charge in [0.25, 0.3) is 0 Å². The quantitative estimate of drug-likeness (QED) is 0.395. The lowest BCUT2D eigenvalue weighted by molar-refractivity contribution is -0.136. The number of piperidine rings is 1. The van der Waals surface area contributed by atoms with E-state index >= 15 is 0 Å². The number of H-pyrrole nitrogens is 1. The van der Waals surface area contributed by atoms with Gasteiger partial charge in [-0.15, -0.1) is 0 Å². The average molecular weight is 489 g/mol. The highest BCUT2D eigenvalue weighted by Gasteiger charge is 2.55. The summed E-state index contributed by atoms with van der Waals surface area (Å²) >= 11 is 0. The van der Waals surface area contributed by atoms with Crippen molar-refractivity contribution in [3.63, 3.8) is 0 Å². The number of ketones is 2. The zero-order chi connectivity index (χ0) is 25.5. The molecule has 1 unspecified atom stereocenters. The number of nitrogens with one attached hydrogen (secondary N) is 3. The number of ether oxygens (including phenoxy) is 1. The molecule has 1 fully saturated rings. The number of aromatic nitrogens is 1. The van der Waals surface area contributed by atoms with Crippen molar-refractivity contribution < 1.29 is 19.1 Å². The molecule has 3 heterocycles. The molecule has 3 aromatic rings. The van der Waals surface area contributed by atoms with Gasteiger partial charge in [0, 0.05) is 36.4 Å². The number of Topliss-reactive ketones (excluding diaryl/α,β-unsaturated/α-hetero) is 2. The molecule has 36 heavy (non-hydrogen) atoms. The molecule has 0 saturated carbocycles. The summed E-state index contributed by atoms with van der Waals surface area (Å²) in [6, 6.07) is 13.9. The predicted octanol–water partition coefficient (Wildman–Crippen LogP) is 2.52. The van der Waals surface area contributed by atoms with Crippen LogP contribution in [0.5, 0.6) is 5.75 Å². The van der Waals surface area contributed by atoms with Crippen LogP contribution in [-0.2, 0) is 16.0 Å². The maximum Gasteiger partial charge on any atom is 0.240 e. The fourth-order valence-electron chi connectivity index (χ4n) is 5.35. The van der Waals surface area contributed by atoms with Crippen molar-refractivity contribution in [1.82, 2.24) is 15.6 Å². The van der Waals surface area contributed by atoms with E-state index < -0.39 is 29.0 Å². The molecule has 5 rings (SSSR count). The number of hydrogen-bond acceptors (Lipinski definition) is 6. The Bertz CT molecular complexity index is 1320. The molecule has 8 heteroatoms. The zero-order valence-electron chi connectivity index (χ0n) is 20.6. The van der Waals surface area contributed by atoms with Crippen molar-refractivity contribution in [3.8, 4) is 5.75 Å². The third-order valence-corrected chi connectivity index (χ3v) is 7.32. The first-order chi connectivity index (χ1) is 17.2. The van der Waals surface area contributed by atoms with Crippen LogP contribution < -0.4 is 21.1 Å². The first-order valence-electron chi connectivity index (χ1n) is 12.4. The number of fused-ring (bicyclic) bond motifs is 2. The van der Waals surface area contributed by atoms with E-state index in [0.717, 1.165) is 16.5 Å². The van der Waals surface area contributed by atoms with Gasteiger partial charge in [-0.3, -0.25) is 14.4 Å². The summed E-state index contributed by atoms with van der Waals surface area (Å²) in [5, 5.41) is 7.13. The molecule has 2 aliphatic rings. The van der Waals surface area contributed by atoms with Crippen LogP contribution in [0.1, 0.15) is 42.6 Å². The van der Waals surface area contributed by atoms with Gasteiger partial charge in [0.05, 0.1) is 17.1 Å². The Morgan fingerprint density at radius 1 is 1.14 bits per heavy atom. The third kappa shape index (κ3) is 4.31. The van der Waals surface area contributed by atoms with Gasteiger partial charge in [0.2, 0.25) is 5.91 Å². The zero-order valence-corrected chi connectivity index (χ0v) is 20.6. The Hall–Kier alpha value is -3.49. The minimum Gasteiger partial charge on any atom is -0.485 e. The number of amides is 1. The van der Waals surface area contributed by atoms with Crippen molar-refractivity contribution in [3.05, 3.63) is 65.9 Å². The summed E-state index contributed by atoms with van der Waals surface area (Å²) in [6.07, 6.45) is 3.10. The van der Waals surface area contributed by atoms with E-state index in [1.807, 2.05) is 36.5 Å². The highest BCUT2D eigenvalue weighted by molar-refractivity contribution is 6.15. The van der Waals surface area contributed by atoms with Crippen LogP contribution in [0.3, 0.4) is 0 Å². The number of carbonyl (C=O) groups is 3. The molecule has 2 aliphatic heterocycles. The van der Waals surface area contributed by atoms with E-state index in [1.165, 1.54) is 0 Å². The maximum atomic E-state index is 14.3. The lowest BCUT2D eigenvalue weighted by Gasteiger charge is -2.46. The monoisotopic (exact) mass is 488 g/mol. The number of para-hydroxylation sites is 2. The molecule has 2 atom stereocenters. The van der Waals surface area contributed by atoms with Crippen LogP contribution in [0.2, 0.25) is 0 Å². The van der Waals surface area contributed by atoms with Crippen molar-refractivity contribution in [2.45, 2.75) is 50.3 Å². The Morgan fingerprint density at radius 3 is 2.58 bits per heavy atom. The normalized spacial score (nSPS) is 20.0. The van der Waals surface area contributed by atoms with E-state index in [0.29, 0.717) is 37.2 Å². The van der Waals surface area contributed by atoms with Gasteiger partial charge >= 0.3 is 0 Å². The predicted molar refractivity (Wildman–Crippen MR) is 137 cm³/mol. The molecular formula is C28H32N4O4. The number of carbonyl (C=O) groups excluding carboxylic acids is 3. The molecule has 8 nitrogen and oxygen atoms in total. The van der Waals surface area contributed by atoms with Crippen LogP contribution in [0.15, 0.2) is 54.7 Å². The molecule has 188 valence electrons. The fraction of sp³-hybridized carbons (Fsp3) is 0.393. The number of aromatic amines is 1. The standard InChI is InChI=1S/C28H32N4O4/c1-27(2,29)26(35)32-21(15-17-16-31-20-9-5-3-7-18(17)20)25(34)23-24(33)19-8-4-6-10-22(19)36-28(23)11-13-30-14-12-28/h3-10,16,21,23,30-31H,11-15,29H2,1-2H3,(H,32,35)/t21?,23-/m1/s1. The minimum absolute atomic E-state index is 0.227. The van der Waals surface area contributed by atoms with Crippen LogP contribution in [0, 0.1) is 5.92 Å². The van der Waals surface area contributed by atoms with Gasteiger partial charge in [-0.25, -0.2) is 0 Å².